The van der Waals surface area contributed by atoms with Gasteiger partial charge in [0.1, 0.15) is 0 Å². The van der Waals surface area contributed by atoms with Crippen molar-refractivity contribution >= 4 is 11.7 Å². The van der Waals surface area contributed by atoms with Crippen molar-refractivity contribution in [2.24, 2.45) is 5.92 Å². The summed E-state index contributed by atoms with van der Waals surface area (Å²) < 4.78 is 5.14. The number of hydrogen-bond acceptors (Lipinski definition) is 4. The van der Waals surface area contributed by atoms with E-state index in [4.69, 9.17) is 4.74 Å². The number of carbonyl (C=O) groups is 1. The molecule has 4 nitrogen and oxygen atoms in total. The van der Waals surface area contributed by atoms with Crippen molar-refractivity contribution in [1.29, 1.82) is 0 Å². The van der Waals surface area contributed by atoms with Gasteiger partial charge in [-0.1, -0.05) is 6.42 Å². The molecule has 0 aromatic carbocycles. The average Bonchev–Trinajstić information content (AvgIpc) is 2.43. The van der Waals surface area contributed by atoms with E-state index >= 15 is 0 Å². The molecule has 1 aromatic heterocycles. The lowest BCUT2D eigenvalue weighted by atomic mass is 9.85. The SMILES string of the molecule is CCOC(=O)C1CCCC(Nc2ccc(C)nc2C)C1. The highest BCUT2D eigenvalue weighted by Gasteiger charge is 2.28. The molecule has 2 unspecified atom stereocenters. The molecule has 1 aliphatic rings. The number of ether oxygens (including phenoxy) is 1. The van der Waals surface area contributed by atoms with Gasteiger partial charge in [-0.05, 0) is 52.2 Å². The summed E-state index contributed by atoms with van der Waals surface area (Å²) >= 11 is 0. The van der Waals surface area contributed by atoms with Gasteiger partial charge in [0.2, 0.25) is 0 Å². The highest BCUT2D eigenvalue weighted by atomic mass is 16.5. The highest BCUT2D eigenvalue weighted by molar-refractivity contribution is 5.72. The first-order valence-corrected chi connectivity index (χ1v) is 7.47. The zero-order valence-electron chi connectivity index (χ0n) is 12.6. The summed E-state index contributed by atoms with van der Waals surface area (Å²) in [4.78, 5) is 16.3. The number of aromatic nitrogens is 1. The molecule has 0 radical (unpaired) electrons. The smallest absolute Gasteiger partial charge is 0.308 e. The Balaban J connectivity index is 1.97. The van der Waals surface area contributed by atoms with Crippen molar-refractivity contribution in [3.05, 3.63) is 23.5 Å². The average molecular weight is 276 g/mol. The Bertz CT molecular complexity index is 474. The van der Waals surface area contributed by atoms with Crippen LogP contribution in [0, 0.1) is 19.8 Å². The van der Waals surface area contributed by atoms with Crippen LogP contribution < -0.4 is 5.32 Å². The van der Waals surface area contributed by atoms with Crippen LogP contribution in [0.5, 0.6) is 0 Å². The number of nitrogens with zero attached hydrogens (tertiary/aromatic N) is 1. The van der Waals surface area contributed by atoms with E-state index in [2.05, 4.69) is 16.4 Å². The molecule has 1 aromatic rings. The van der Waals surface area contributed by atoms with E-state index in [1.807, 2.05) is 26.8 Å². The Labute approximate surface area is 120 Å². The molecule has 1 saturated carbocycles. The number of rotatable bonds is 4. The first-order chi connectivity index (χ1) is 9.60. The second kappa shape index (κ2) is 6.73. The summed E-state index contributed by atoms with van der Waals surface area (Å²) in [5, 5.41) is 3.53. The summed E-state index contributed by atoms with van der Waals surface area (Å²) in [5.74, 6) is -0.00216. The summed E-state index contributed by atoms with van der Waals surface area (Å²) in [5.41, 5.74) is 3.12. The second-order valence-corrected chi connectivity index (χ2v) is 5.54. The summed E-state index contributed by atoms with van der Waals surface area (Å²) in [6.07, 6.45) is 3.97. The van der Waals surface area contributed by atoms with Gasteiger partial charge in [0.15, 0.2) is 0 Å². The number of pyridine rings is 1. The topological polar surface area (TPSA) is 51.2 Å². The summed E-state index contributed by atoms with van der Waals surface area (Å²) in [6.45, 7) is 6.33. The van der Waals surface area contributed by atoms with E-state index in [9.17, 15) is 4.79 Å². The quantitative estimate of drug-likeness (QED) is 0.858. The molecule has 0 aliphatic heterocycles. The lowest BCUT2D eigenvalue weighted by molar-refractivity contribution is -0.149. The standard InChI is InChI=1S/C16H24N2O2/c1-4-20-16(19)13-6-5-7-14(10-13)18-15-9-8-11(2)17-12(15)3/h8-9,13-14,18H,4-7,10H2,1-3H3. The van der Waals surface area contributed by atoms with E-state index in [0.29, 0.717) is 12.6 Å². The Hall–Kier alpha value is -1.58. The molecule has 0 amide bonds. The van der Waals surface area contributed by atoms with Crippen LogP contribution in [0.4, 0.5) is 5.69 Å². The molecule has 0 bridgehead atoms. The van der Waals surface area contributed by atoms with Crippen molar-refractivity contribution in [2.75, 3.05) is 11.9 Å². The second-order valence-electron chi connectivity index (χ2n) is 5.54. The Morgan fingerprint density at radius 3 is 2.90 bits per heavy atom. The van der Waals surface area contributed by atoms with E-state index in [1.54, 1.807) is 0 Å². The zero-order chi connectivity index (χ0) is 14.5. The minimum Gasteiger partial charge on any atom is -0.466 e. The first kappa shape index (κ1) is 14.8. The van der Waals surface area contributed by atoms with E-state index in [-0.39, 0.29) is 11.9 Å². The van der Waals surface area contributed by atoms with Crippen LogP contribution in [0.25, 0.3) is 0 Å². The van der Waals surface area contributed by atoms with Crippen LogP contribution in [0.15, 0.2) is 12.1 Å². The molecule has 0 spiro atoms. The van der Waals surface area contributed by atoms with Gasteiger partial charge < -0.3 is 10.1 Å². The fraction of sp³-hybridized carbons (Fsp3) is 0.625. The van der Waals surface area contributed by atoms with Gasteiger partial charge in [-0.2, -0.15) is 0 Å². The Morgan fingerprint density at radius 1 is 1.40 bits per heavy atom. The van der Waals surface area contributed by atoms with Gasteiger partial charge in [-0.25, -0.2) is 0 Å². The lowest BCUT2D eigenvalue weighted by Crippen LogP contribution is -2.32. The van der Waals surface area contributed by atoms with Crippen LogP contribution in [0.2, 0.25) is 0 Å². The van der Waals surface area contributed by atoms with E-state index in [1.165, 1.54) is 0 Å². The number of carbonyl (C=O) groups excluding carboxylic acids is 1. The molecule has 2 rings (SSSR count). The molecular formula is C16H24N2O2. The van der Waals surface area contributed by atoms with E-state index < -0.39 is 0 Å². The number of hydrogen-bond donors (Lipinski definition) is 1. The number of esters is 1. The van der Waals surface area contributed by atoms with Gasteiger partial charge >= 0.3 is 5.97 Å². The monoisotopic (exact) mass is 276 g/mol. The zero-order valence-corrected chi connectivity index (χ0v) is 12.6. The molecule has 2 atom stereocenters. The number of nitrogens with one attached hydrogen (secondary N) is 1. The van der Waals surface area contributed by atoms with Crippen molar-refractivity contribution in [3.8, 4) is 0 Å². The largest absolute Gasteiger partial charge is 0.466 e. The maximum Gasteiger partial charge on any atom is 0.308 e. The summed E-state index contributed by atoms with van der Waals surface area (Å²) in [6, 6.07) is 4.42. The molecule has 20 heavy (non-hydrogen) atoms. The normalized spacial score (nSPS) is 22.4. The van der Waals surface area contributed by atoms with Gasteiger partial charge in [-0.15, -0.1) is 0 Å². The molecule has 1 fully saturated rings. The van der Waals surface area contributed by atoms with Crippen molar-refractivity contribution in [2.45, 2.75) is 52.5 Å². The van der Waals surface area contributed by atoms with Crippen molar-refractivity contribution < 1.29 is 9.53 Å². The van der Waals surface area contributed by atoms with Gasteiger partial charge in [-0.3, -0.25) is 9.78 Å². The van der Waals surface area contributed by atoms with Crippen LogP contribution in [0.3, 0.4) is 0 Å². The van der Waals surface area contributed by atoms with E-state index in [0.717, 1.165) is 42.8 Å². The predicted octanol–water partition coefficient (Wildman–Crippen LogP) is 3.23. The van der Waals surface area contributed by atoms with Crippen LogP contribution >= 0.6 is 0 Å². The third-order valence-electron chi connectivity index (χ3n) is 3.88. The first-order valence-electron chi connectivity index (χ1n) is 7.47. The van der Waals surface area contributed by atoms with Crippen LogP contribution in [0.1, 0.15) is 44.0 Å². The molecule has 110 valence electrons. The van der Waals surface area contributed by atoms with Crippen molar-refractivity contribution in [3.63, 3.8) is 0 Å². The maximum absolute atomic E-state index is 11.8. The molecular weight excluding hydrogens is 252 g/mol. The highest BCUT2D eigenvalue weighted by Crippen LogP contribution is 2.28. The third-order valence-corrected chi connectivity index (χ3v) is 3.88. The number of aryl methyl sites for hydroxylation is 2. The molecule has 0 saturated heterocycles. The minimum atomic E-state index is -0.0437. The summed E-state index contributed by atoms with van der Waals surface area (Å²) in [7, 11) is 0. The van der Waals surface area contributed by atoms with Gasteiger partial charge in [0, 0.05) is 11.7 Å². The molecule has 4 heteroatoms. The predicted molar refractivity (Wildman–Crippen MR) is 79.7 cm³/mol. The third kappa shape index (κ3) is 3.71. The fourth-order valence-electron chi connectivity index (χ4n) is 2.85. The van der Waals surface area contributed by atoms with Crippen LogP contribution in [-0.2, 0) is 9.53 Å². The molecule has 1 aliphatic carbocycles. The number of anilines is 1. The van der Waals surface area contributed by atoms with Gasteiger partial charge in [0.05, 0.1) is 23.9 Å². The Kier molecular flexibility index (Phi) is 4.99. The molecule has 1 N–H and O–H groups in total. The maximum atomic E-state index is 11.8. The van der Waals surface area contributed by atoms with Gasteiger partial charge in [0.25, 0.3) is 0 Å². The fourth-order valence-corrected chi connectivity index (χ4v) is 2.85. The Morgan fingerprint density at radius 2 is 2.20 bits per heavy atom. The van der Waals surface area contributed by atoms with Crippen molar-refractivity contribution in [1.82, 2.24) is 4.98 Å². The molecule has 1 heterocycles. The van der Waals surface area contributed by atoms with Crippen LogP contribution in [-0.4, -0.2) is 23.6 Å². The minimum absolute atomic E-state index is 0.0416. The lowest BCUT2D eigenvalue weighted by Gasteiger charge is -2.29.